The van der Waals surface area contributed by atoms with E-state index >= 15 is 0 Å². The summed E-state index contributed by atoms with van der Waals surface area (Å²) in [6, 6.07) is 6.27. The van der Waals surface area contributed by atoms with Crippen molar-refractivity contribution in [1.82, 2.24) is 10.6 Å². The summed E-state index contributed by atoms with van der Waals surface area (Å²) >= 11 is 0. The van der Waals surface area contributed by atoms with E-state index in [1.165, 1.54) is 13.5 Å². The molecule has 0 spiro atoms. The quantitative estimate of drug-likeness (QED) is 0.653. The summed E-state index contributed by atoms with van der Waals surface area (Å²) in [7, 11) is 1.31. The van der Waals surface area contributed by atoms with Crippen LogP contribution in [0.3, 0.4) is 0 Å². The number of hydrogen-bond acceptors (Lipinski definition) is 5. The number of nitrogens with one attached hydrogen (secondary N) is 2. The molecule has 1 saturated carbocycles. The molecule has 1 aromatic rings. The Morgan fingerprint density at radius 1 is 1.07 bits per heavy atom. The minimum absolute atomic E-state index is 0.132. The zero-order valence-corrected chi connectivity index (χ0v) is 18.5. The smallest absolute Gasteiger partial charge is 0.407 e. The Bertz CT molecular complexity index is 718. The summed E-state index contributed by atoms with van der Waals surface area (Å²) in [5, 5.41) is 5.52. The van der Waals surface area contributed by atoms with Crippen LogP contribution in [-0.4, -0.2) is 30.7 Å². The number of amides is 2. The van der Waals surface area contributed by atoms with Crippen molar-refractivity contribution < 1.29 is 23.9 Å². The van der Waals surface area contributed by atoms with Gasteiger partial charge in [0.1, 0.15) is 5.60 Å². The van der Waals surface area contributed by atoms with Gasteiger partial charge < -0.3 is 20.1 Å². The molecule has 30 heavy (non-hydrogen) atoms. The monoisotopic (exact) mass is 418 g/mol. The van der Waals surface area contributed by atoms with E-state index in [0.717, 1.165) is 31.2 Å². The van der Waals surface area contributed by atoms with E-state index in [0.29, 0.717) is 24.4 Å². The molecule has 0 saturated heterocycles. The molecule has 2 amide bonds. The number of rotatable bonds is 7. The molecule has 166 valence electrons. The Kier molecular flexibility index (Phi) is 8.69. The lowest BCUT2D eigenvalue weighted by Crippen LogP contribution is -2.35. The van der Waals surface area contributed by atoms with Gasteiger partial charge in [0.05, 0.1) is 7.11 Å². The van der Waals surface area contributed by atoms with Crippen LogP contribution in [0.25, 0.3) is 0 Å². The average Bonchev–Trinajstić information content (AvgIpc) is 2.70. The standard InChI is InChI=1S/C23H34N2O5/c1-23(2,3)30-22(28)24-15-17-10-12-18(13-11-17)20(21(27)29-4)25-19(26)14-16-8-6-5-7-9-16/h10-13,16,20H,5-9,14-15H2,1-4H3,(H,24,28)(H,25,26). The number of hydrogen-bond donors (Lipinski definition) is 2. The van der Waals surface area contributed by atoms with Gasteiger partial charge in [-0.2, -0.15) is 0 Å². The molecule has 7 nitrogen and oxygen atoms in total. The first-order chi connectivity index (χ1) is 14.2. The van der Waals surface area contributed by atoms with Crippen LogP contribution in [-0.2, 0) is 25.6 Å². The Hall–Kier alpha value is -2.57. The van der Waals surface area contributed by atoms with E-state index in [1.54, 1.807) is 45.0 Å². The van der Waals surface area contributed by atoms with Gasteiger partial charge in [-0.25, -0.2) is 9.59 Å². The fourth-order valence-electron chi connectivity index (χ4n) is 3.59. The third kappa shape index (κ3) is 8.05. The van der Waals surface area contributed by atoms with Crippen molar-refractivity contribution in [3.63, 3.8) is 0 Å². The Morgan fingerprint density at radius 3 is 2.27 bits per heavy atom. The highest BCUT2D eigenvalue weighted by Crippen LogP contribution is 2.26. The number of alkyl carbamates (subject to hydrolysis) is 1. The molecule has 0 radical (unpaired) electrons. The maximum Gasteiger partial charge on any atom is 0.407 e. The van der Waals surface area contributed by atoms with Crippen LogP contribution in [0.4, 0.5) is 4.79 Å². The van der Waals surface area contributed by atoms with E-state index in [1.807, 2.05) is 0 Å². The molecule has 1 aromatic carbocycles. The first-order valence-corrected chi connectivity index (χ1v) is 10.6. The molecule has 2 rings (SSSR count). The van der Waals surface area contributed by atoms with E-state index in [4.69, 9.17) is 9.47 Å². The van der Waals surface area contributed by atoms with Crippen molar-refractivity contribution in [1.29, 1.82) is 0 Å². The van der Waals surface area contributed by atoms with Crippen LogP contribution in [0.5, 0.6) is 0 Å². The fraction of sp³-hybridized carbons (Fsp3) is 0.609. The zero-order valence-electron chi connectivity index (χ0n) is 18.5. The minimum atomic E-state index is -0.848. The Morgan fingerprint density at radius 2 is 1.70 bits per heavy atom. The van der Waals surface area contributed by atoms with Gasteiger partial charge in [-0.1, -0.05) is 43.5 Å². The van der Waals surface area contributed by atoms with Crippen LogP contribution in [0.1, 0.15) is 76.5 Å². The zero-order chi connectivity index (χ0) is 22.1. The van der Waals surface area contributed by atoms with E-state index in [2.05, 4.69) is 10.6 Å². The second-order valence-corrected chi connectivity index (χ2v) is 8.83. The van der Waals surface area contributed by atoms with Gasteiger partial charge in [-0.3, -0.25) is 4.79 Å². The first kappa shape index (κ1) is 23.7. The summed E-state index contributed by atoms with van der Waals surface area (Å²) in [4.78, 5) is 36.5. The van der Waals surface area contributed by atoms with Crippen molar-refractivity contribution >= 4 is 18.0 Å². The summed E-state index contributed by atoms with van der Waals surface area (Å²) in [5.41, 5.74) is 0.930. The molecular weight excluding hydrogens is 384 g/mol. The summed E-state index contributed by atoms with van der Waals surface area (Å²) < 4.78 is 10.1. The van der Waals surface area contributed by atoms with E-state index < -0.39 is 23.7 Å². The predicted octanol–water partition coefficient (Wildman–Crippen LogP) is 4.01. The van der Waals surface area contributed by atoms with Gasteiger partial charge in [-0.05, 0) is 50.7 Å². The number of carbonyl (C=O) groups is 3. The topological polar surface area (TPSA) is 93.7 Å². The van der Waals surface area contributed by atoms with Crippen molar-refractivity contribution in [2.75, 3.05) is 7.11 Å². The summed E-state index contributed by atoms with van der Waals surface area (Å²) in [6.07, 6.45) is 5.64. The fourth-order valence-corrected chi connectivity index (χ4v) is 3.59. The Labute approximate surface area is 178 Å². The predicted molar refractivity (Wildman–Crippen MR) is 114 cm³/mol. The highest BCUT2D eigenvalue weighted by molar-refractivity contribution is 5.85. The molecule has 1 unspecified atom stereocenters. The van der Waals surface area contributed by atoms with Crippen molar-refractivity contribution in [3.8, 4) is 0 Å². The van der Waals surface area contributed by atoms with Gasteiger partial charge in [0.15, 0.2) is 6.04 Å². The van der Waals surface area contributed by atoms with Crippen LogP contribution in [0.15, 0.2) is 24.3 Å². The largest absolute Gasteiger partial charge is 0.467 e. The number of ether oxygens (including phenoxy) is 2. The normalized spacial score (nSPS) is 15.7. The molecule has 1 atom stereocenters. The second kappa shape index (κ2) is 11.0. The summed E-state index contributed by atoms with van der Waals surface area (Å²) in [6.45, 7) is 5.71. The molecule has 0 heterocycles. The molecule has 0 aliphatic heterocycles. The van der Waals surface area contributed by atoms with Crippen molar-refractivity contribution in [3.05, 3.63) is 35.4 Å². The summed E-state index contributed by atoms with van der Waals surface area (Å²) in [5.74, 6) is -0.252. The third-order valence-electron chi connectivity index (χ3n) is 5.09. The number of benzene rings is 1. The molecule has 1 fully saturated rings. The lowest BCUT2D eigenvalue weighted by molar-refractivity contribution is -0.145. The average molecular weight is 419 g/mol. The van der Waals surface area contributed by atoms with E-state index in [9.17, 15) is 14.4 Å². The second-order valence-electron chi connectivity index (χ2n) is 8.83. The van der Waals surface area contributed by atoms with Crippen molar-refractivity contribution in [2.24, 2.45) is 5.92 Å². The highest BCUT2D eigenvalue weighted by atomic mass is 16.6. The van der Waals surface area contributed by atoms with Gasteiger partial charge in [0.25, 0.3) is 0 Å². The molecule has 0 bridgehead atoms. The molecular formula is C23H34N2O5. The lowest BCUT2D eigenvalue weighted by atomic mass is 9.87. The lowest BCUT2D eigenvalue weighted by Gasteiger charge is -2.23. The van der Waals surface area contributed by atoms with Gasteiger partial charge in [0.2, 0.25) is 5.91 Å². The number of esters is 1. The van der Waals surface area contributed by atoms with Crippen LogP contribution >= 0.6 is 0 Å². The van der Waals surface area contributed by atoms with Gasteiger partial charge >= 0.3 is 12.1 Å². The van der Waals surface area contributed by atoms with Crippen LogP contribution < -0.4 is 10.6 Å². The van der Waals surface area contributed by atoms with Gasteiger partial charge in [-0.15, -0.1) is 0 Å². The number of carbonyl (C=O) groups excluding carboxylic acids is 3. The first-order valence-electron chi connectivity index (χ1n) is 10.6. The van der Waals surface area contributed by atoms with E-state index in [-0.39, 0.29) is 5.91 Å². The molecule has 1 aliphatic carbocycles. The maximum absolute atomic E-state index is 12.5. The maximum atomic E-state index is 12.5. The third-order valence-corrected chi connectivity index (χ3v) is 5.09. The van der Waals surface area contributed by atoms with Crippen molar-refractivity contribution in [2.45, 2.75) is 77.5 Å². The van der Waals surface area contributed by atoms with Crippen LogP contribution in [0, 0.1) is 5.92 Å². The van der Waals surface area contributed by atoms with Gasteiger partial charge in [0, 0.05) is 13.0 Å². The number of methoxy groups -OCH3 is 1. The Balaban J connectivity index is 1.95. The molecule has 0 aromatic heterocycles. The minimum Gasteiger partial charge on any atom is -0.467 e. The molecule has 7 heteroatoms. The van der Waals surface area contributed by atoms with Crippen LogP contribution in [0.2, 0.25) is 0 Å². The molecule has 2 N–H and O–H groups in total. The molecule has 1 aliphatic rings. The SMILES string of the molecule is COC(=O)C(NC(=O)CC1CCCCC1)c1ccc(CNC(=O)OC(C)(C)C)cc1. The highest BCUT2D eigenvalue weighted by Gasteiger charge is 2.25.